The number of rotatable bonds is 4. The van der Waals surface area contributed by atoms with E-state index in [2.05, 4.69) is 4.74 Å². The van der Waals surface area contributed by atoms with Gasteiger partial charge in [-0.1, -0.05) is 12.1 Å². The van der Waals surface area contributed by atoms with Crippen LogP contribution >= 0.6 is 22.6 Å². The Morgan fingerprint density at radius 1 is 0.759 bits per heavy atom. The quantitative estimate of drug-likeness (QED) is 0.201. The summed E-state index contributed by atoms with van der Waals surface area (Å²) < 4.78 is 102. The number of aryl methyl sites for hydroxylation is 1. The molecule has 9 heteroatoms. The van der Waals surface area contributed by atoms with Gasteiger partial charge in [0.25, 0.3) is 0 Å². The van der Waals surface area contributed by atoms with E-state index in [1.54, 1.807) is 6.92 Å². The molecule has 0 atom stereocenters. The molecule has 3 rings (SSSR count). The van der Waals surface area contributed by atoms with Gasteiger partial charge < -0.3 is 4.74 Å². The molecule has 3 aromatic carbocycles. The van der Waals surface area contributed by atoms with Crippen molar-refractivity contribution in [3.63, 3.8) is 0 Å². The number of ether oxygens (including phenoxy) is 1. The number of alkyl halides is 2. The Bertz CT molecular complexity index is 1050. The van der Waals surface area contributed by atoms with E-state index in [0.717, 1.165) is 6.07 Å². The molecule has 0 fully saturated rings. The number of hydrogen-bond donors (Lipinski definition) is 0. The topological polar surface area (TPSA) is 9.23 Å². The summed E-state index contributed by atoms with van der Waals surface area (Å²) in [4.78, 5) is 0. The number of halogens is 8. The number of benzene rings is 3. The standard InChI is InChI=1S/C20H10F7IO/c1-9-2-3-12(13(21)4-9)10-5-14(22)18(15(23)6-10)20(26,27)29-11-7-16(24)19(28)17(25)8-11/h2-8H,1H3. The van der Waals surface area contributed by atoms with Crippen LogP contribution in [0.25, 0.3) is 11.1 Å². The first-order chi connectivity index (χ1) is 13.5. The van der Waals surface area contributed by atoms with E-state index in [0.29, 0.717) is 29.8 Å². The van der Waals surface area contributed by atoms with Gasteiger partial charge in [0.1, 0.15) is 40.4 Å². The summed E-state index contributed by atoms with van der Waals surface area (Å²) in [6, 6.07) is 5.84. The Hall–Kier alpha value is -2.30. The molecule has 0 aliphatic carbocycles. The molecule has 0 bridgehead atoms. The van der Waals surface area contributed by atoms with Crippen LogP contribution in [0.2, 0.25) is 0 Å². The molecule has 3 aromatic rings. The zero-order valence-electron chi connectivity index (χ0n) is 14.5. The molecule has 0 aliphatic heterocycles. The second kappa shape index (κ2) is 7.85. The second-order valence-corrected chi connectivity index (χ2v) is 7.20. The fraction of sp³-hybridized carbons (Fsp3) is 0.100. The van der Waals surface area contributed by atoms with Gasteiger partial charge >= 0.3 is 6.11 Å². The lowest BCUT2D eigenvalue weighted by molar-refractivity contribution is -0.189. The van der Waals surface area contributed by atoms with Gasteiger partial charge in [0.15, 0.2) is 0 Å². The highest BCUT2D eigenvalue weighted by molar-refractivity contribution is 14.1. The Morgan fingerprint density at radius 3 is 1.83 bits per heavy atom. The Kier molecular flexibility index (Phi) is 5.79. The monoisotopic (exact) mass is 526 g/mol. The van der Waals surface area contributed by atoms with E-state index in [4.69, 9.17) is 0 Å². The highest BCUT2D eigenvalue weighted by Crippen LogP contribution is 2.38. The van der Waals surface area contributed by atoms with Crippen molar-refractivity contribution >= 4 is 22.6 Å². The predicted molar refractivity (Wildman–Crippen MR) is 100 cm³/mol. The van der Waals surface area contributed by atoms with Crippen molar-refractivity contribution in [3.8, 4) is 16.9 Å². The first-order valence-electron chi connectivity index (χ1n) is 7.97. The molecule has 0 saturated carbocycles. The third-order valence-corrected chi connectivity index (χ3v) is 5.00. The van der Waals surface area contributed by atoms with E-state index in [-0.39, 0.29) is 11.1 Å². The fourth-order valence-electron chi connectivity index (χ4n) is 2.65. The van der Waals surface area contributed by atoms with E-state index < -0.39 is 50.1 Å². The van der Waals surface area contributed by atoms with Crippen LogP contribution in [0.1, 0.15) is 11.1 Å². The van der Waals surface area contributed by atoms with Crippen molar-refractivity contribution in [3.05, 3.63) is 86.2 Å². The molecule has 0 unspecified atom stereocenters. The highest BCUT2D eigenvalue weighted by atomic mass is 127. The smallest absolute Gasteiger partial charge is 0.429 e. The molecular formula is C20H10F7IO. The summed E-state index contributed by atoms with van der Waals surface area (Å²) in [5.74, 6) is -7.53. The van der Waals surface area contributed by atoms with Crippen molar-refractivity contribution in [2.75, 3.05) is 0 Å². The van der Waals surface area contributed by atoms with Crippen molar-refractivity contribution in [2.45, 2.75) is 13.0 Å². The van der Waals surface area contributed by atoms with Crippen LogP contribution in [0.5, 0.6) is 5.75 Å². The van der Waals surface area contributed by atoms with Gasteiger partial charge in [-0.05, 0) is 58.8 Å². The third kappa shape index (κ3) is 4.34. The van der Waals surface area contributed by atoms with Crippen molar-refractivity contribution in [2.24, 2.45) is 0 Å². The Balaban J connectivity index is 2.02. The maximum Gasteiger partial charge on any atom is 0.432 e. The van der Waals surface area contributed by atoms with E-state index in [1.165, 1.54) is 34.7 Å². The van der Waals surface area contributed by atoms with Crippen LogP contribution < -0.4 is 4.74 Å². The largest absolute Gasteiger partial charge is 0.432 e. The minimum absolute atomic E-state index is 0.189. The summed E-state index contributed by atoms with van der Waals surface area (Å²) in [6.07, 6.45) is -4.59. The lowest BCUT2D eigenvalue weighted by atomic mass is 10.0. The minimum Gasteiger partial charge on any atom is -0.429 e. The third-order valence-electron chi connectivity index (χ3n) is 3.97. The summed E-state index contributed by atoms with van der Waals surface area (Å²) >= 11 is 1.31. The van der Waals surface area contributed by atoms with E-state index >= 15 is 0 Å². The van der Waals surface area contributed by atoms with Gasteiger partial charge in [0, 0.05) is 17.7 Å². The molecule has 0 aromatic heterocycles. The van der Waals surface area contributed by atoms with Gasteiger partial charge in [-0.25, -0.2) is 22.0 Å². The minimum atomic E-state index is -4.59. The lowest BCUT2D eigenvalue weighted by Crippen LogP contribution is -2.25. The van der Waals surface area contributed by atoms with Crippen LogP contribution in [0.15, 0.2) is 42.5 Å². The molecule has 0 radical (unpaired) electrons. The molecular weight excluding hydrogens is 516 g/mol. The predicted octanol–water partition coefficient (Wildman–Crippen LogP) is 7.09. The van der Waals surface area contributed by atoms with Gasteiger partial charge in [-0.2, -0.15) is 8.78 Å². The zero-order chi connectivity index (χ0) is 21.5. The van der Waals surface area contributed by atoms with Crippen molar-refractivity contribution in [1.82, 2.24) is 0 Å². The Morgan fingerprint density at radius 2 is 1.31 bits per heavy atom. The van der Waals surface area contributed by atoms with Crippen LogP contribution in [0, 0.1) is 39.6 Å². The van der Waals surface area contributed by atoms with Crippen molar-refractivity contribution in [1.29, 1.82) is 0 Å². The molecule has 29 heavy (non-hydrogen) atoms. The number of hydrogen-bond acceptors (Lipinski definition) is 1. The highest BCUT2D eigenvalue weighted by Gasteiger charge is 2.41. The van der Waals surface area contributed by atoms with Crippen LogP contribution in [0.3, 0.4) is 0 Å². The van der Waals surface area contributed by atoms with Gasteiger partial charge in [-0.15, -0.1) is 0 Å². The first kappa shape index (κ1) is 21.4. The molecule has 152 valence electrons. The summed E-state index contributed by atoms with van der Waals surface area (Å²) in [6.45, 7) is 1.60. The normalized spacial score (nSPS) is 11.6. The Labute approximate surface area is 174 Å². The molecule has 0 aliphatic rings. The molecule has 0 N–H and O–H groups in total. The maximum absolute atomic E-state index is 14.4. The van der Waals surface area contributed by atoms with E-state index in [9.17, 15) is 30.7 Å². The van der Waals surface area contributed by atoms with Crippen LogP contribution in [-0.4, -0.2) is 0 Å². The van der Waals surface area contributed by atoms with Crippen LogP contribution in [0.4, 0.5) is 30.7 Å². The first-order valence-corrected chi connectivity index (χ1v) is 9.05. The fourth-order valence-corrected chi connectivity index (χ4v) is 2.96. The van der Waals surface area contributed by atoms with Crippen LogP contribution in [-0.2, 0) is 6.11 Å². The average molecular weight is 526 g/mol. The summed E-state index contributed by atoms with van der Waals surface area (Å²) in [7, 11) is 0. The zero-order valence-corrected chi connectivity index (χ0v) is 16.6. The lowest BCUT2D eigenvalue weighted by Gasteiger charge is -2.20. The van der Waals surface area contributed by atoms with Gasteiger partial charge in [0.2, 0.25) is 0 Å². The average Bonchev–Trinajstić information content (AvgIpc) is 2.58. The van der Waals surface area contributed by atoms with Gasteiger partial charge in [-0.3, -0.25) is 0 Å². The molecule has 1 nitrogen and oxygen atoms in total. The van der Waals surface area contributed by atoms with E-state index in [1.807, 2.05) is 0 Å². The second-order valence-electron chi connectivity index (χ2n) is 6.12. The van der Waals surface area contributed by atoms with Crippen molar-refractivity contribution < 1.29 is 35.5 Å². The SMILES string of the molecule is Cc1ccc(-c2cc(F)c(C(F)(F)Oc3cc(F)c(I)c(F)c3)c(F)c2)c(F)c1. The molecule has 0 amide bonds. The molecule has 0 saturated heterocycles. The molecule has 0 heterocycles. The summed E-state index contributed by atoms with van der Waals surface area (Å²) in [5, 5.41) is 0. The summed E-state index contributed by atoms with van der Waals surface area (Å²) in [5.41, 5.74) is -1.71. The van der Waals surface area contributed by atoms with Gasteiger partial charge in [0.05, 0.1) is 3.57 Å². The maximum atomic E-state index is 14.4. The molecule has 0 spiro atoms.